The Morgan fingerprint density at radius 1 is 1.26 bits per heavy atom. The van der Waals surface area contributed by atoms with Crippen molar-refractivity contribution in [3.05, 3.63) is 59.7 Å². The van der Waals surface area contributed by atoms with Crippen molar-refractivity contribution in [1.82, 2.24) is 0 Å². The molecule has 0 unspecified atom stereocenters. The molecule has 0 spiro atoms. The van der Waals surface area contributed by atoms with E-state index in [0.29, 0.717) is 11.4 Å². The first-order valence-corrected chi connectivity index (χ1v) is 8.06. The molecule has 1 N–H and O–H groups in total. The van der Waals surface area contributed by atoms with Gasteiger partial charge in [0.05, 0.1) is 18.4 Å². The van der Waals surface area contributed by atoms with Crippen LogP contribution in [-0.2, 0) is 4.79 Å². The molecule has 2 aromatic carbocycles. The molecule has 0 saturated carbocycles. The van der Waals surface area contributed by atoms with Gasteiger partial charge in [-0.05, 0) is 35.9 Å². The Bertz CT molecular complexity index is 745. The van der Waals surface area contributed by atoms with Crippen LogP contribution in [0.3, 0.4) is 0 Å². The molecule has 1 aliphatic rings. The van der Waals surface area contributed by atoms with Gasteiger partial charge in [-0.15, -0.1) is 11.8 Å². The van der Waals surface area contributed by atoms with Gasteiger partial charge < -0.3 is 9.84 Å². The van der Waals surface area contributed by atoms with Crippen LogP contribution in [0.2, 0.25) is 0 Å². The molecule has 0 bridgehead atoms. The van der Waals surface area contributed by atoms with Crippen LogP contribution >= 0.6 is 11.8 Å². The highest BCUT2D eigenvalue weighted by Crippen LogP contribution is 2.42. The molecular weight excluding hydrogens is 314 g/mol. The number of thioether (sulfide) groups is 1. The maximum atomic E-state index is 12.3. The van der Waals surface area contributed by atoms with Crippen molar-refractivity contribution in [2.24, 2.45) is 0 Å². The summed E-state index contributed by atoms with van der Waals surface area (Å²) >= 11 is 1.52. The number of aromatic carboxylic acids is 1. The summed E-state index contributed by atoms with van der Waals surface area (Å²) in [6.07, 6.45) is 0. The summed E-state index contributed by atoms with van der Waals surface area (Å²) < 4.78 is 5.15. The van der Waals surface area contributed by atoms with Gasteiger partial charge in [-0.25, -0.2) is 4.79 Å². The van der Waals surface area contributed by atoms with Gasteiger partial charge in [0.2, 0.25) is 5.91 Å². The third-order valence-electron chi connectivity index (χ3n) is 3.64. The van der Waals surface area contributed by atoms with Crippen molar-refractivity contribution >= 4 is 29.3 Å². The SMILES string of the molecule is COc1ccc([C@H]2SCC(=O)N2c2cccc(C(=O)O)c2)cc1. The molecule has 0 aliphatic carbocycles. The topological polar surface area (TPSA) is 66.8 Å². The lowest BCUT2D eigenvalue weighted by Gasteiger charge is -2.24. The van der Waals surface area contributed by atoms with Crippen LogP contribution in [0.4, 0.5) is 5.69 Å². The Morgan fingerprint density at radius 2 is 2.00 bits per heavy atom. The normalized spacial score (nSPS) is 17.3. The minimum atomic E-state index is -1.01. The van der Waals surface area contributed by atoms with E-state index in [9.17, 15) is 9.59 Å². The molecule has 1 aliphatic heterocycles. The quantitative estimate of drug-likeness (QED) is 0.933. The predicted octanol–water partition coefficient (Wildman–Crippen LogP) is 3.17. The monoisotopic (exact) mass is 329 g/mol. The number of benzene rings is 2. The van der Waals surface area contributed by atoms with E-state index in [1.165, 1.54) is 23.9 Å². The van der Waals surface area contributed by atoms with E-state index in [1.54, 1.807) is 24.1 Å². The molecule has 1 saturated heterocycles. The number of hydrogen-bond acceptors (Lipinski definition) is 4. The third-order valence-corrected chi connectivity index (χ3v) is 4.85. The molecule has 5 nitrogen and oxygen atoms in total. The van der Waals surface area contributed by atoms with Crippen LogP contribution in [0.25, 0.3) is 0 Å². The highest BCUT2D eigenvalue weighted by atomic mass is 32.2. The van der Waals surface area contributed by atoms with Crippen LogP contribution < -0.4 is 9.64 Å². The van der Waals surface area contributed by atoms with Gasteiger partial charge in [0.1, 0.15) is 11.1 Å². The highest BCUT2D eigenvalue weighted by Gasteiger charge is 2.34. The van der Waals surface area contributed by atoms with Gasteiger partial charge in [0.15, 0.2) is 0 Å². The van der Waals surface area contributed by atoms with E-state index in [2.05, 4.69) is 0 Å². The average molecular weight is 329 g/mol. The summed E-state index contributed by atoms with van der Waals surface area (Å²) in [5.41, 5.74) is 1.74. The summed E-state index contributed by atoms with van der Waals surface area (Å²) in [4.78, 5) is 25.1. The van der Waals surface area contributed by atoms with E-state index in [4.69, 9.17) is 9.84 Å². The van der Waals surface area contributed by atoms with E-state index in [1.807, 2.05) is 24.3 Å². The summed E-state index contributed by atoms with van der Waals surface area (Å²) in [6, 6.07) is 14.0. The number of rotatable bonds is 4. The molecule has 0 aromatic heterocycles. The summed E-state index contributed by atoms with van der Waals surface area (Å²) in [5.74, 6) is 0.0848. The maximum Gasteiger partial charge on any atom is 0.335 e. The number of nitrogens with zero attached hydrogens (tertiary/aromatic N) is 1. The number of carbonyl (C=O) groups is 2. The number of amides is 1. The number of carboxylic acids is 1. The molecule has 3 rings (SSSR count). The summed E-state index contributed by atoms with van der Waals surface area (Å²) in [6.45, 7) is 0. The van der Waals surface area contributed by atoms with E-state index in [-0.39, 0.29) is 16.8 Å². The Hall–Kier alpha value is -2.47. The highest BCUT2D eigenvalue weighted by molar-refractivity contribution is 8.00. The number of carboxylic acid groups (broad SMARTS) is 1. The Kier molecular flexibility index (Phi) is 4.25. The van der Waals surface area contributed by atoms with Crippen LogP contribution in [0.1, 0.15) is 21.3 Å². The standard InChI is InChI=1S/C17H15NO4S/c1-22-14-7-5-11(6-8-14)16-18(15(19)10-23-16)13-4-2-3-12(9-13)17(20)21/h2-9,16H,10H2,1H3,(H,20,21)/t16-/m1/s1. The molecule has 118 valence electrons. The zero-order chi connectivity index (χ0) is 16.4. The van der Waals surface area contributed by atoms with Crippen molar-refractivity contribution in [2.75, 3.05) is 17.8 Å². The van der Waals surface area contributed by atoms with E-state index < -0.39 is 5.97 Å². The maximum absolute atomic E-state index is 12.3. The fraction of sp³-hybridized carbons (Fsp3) is 0.176. The Balaban J connectivity index is 1.96. The zero-order valence-electron chi connectivity index (χ0n) is 12.4. The number of methoxy groups -OCH3 is 1. The molecule has 0 radical (unpaired) electrons. The number of anilines is 1. The molecular formula is C17H15NO4S. The Morgan fingerprint density at radius 3 is 2.65 bits per heavy atom. The molecule has 1 heterocycles. The molecule has 1 atom stereocenters. The molecule has 6 heteroatoms. The van der Waals surface area contributed by atoms with Crippen LogP contribution in [0.5, 0.6) is 5.75 Å². The van der Waals surface area contributed by atoms with Gasteiger partial charge in [-0.3, -0.25) is 9.69 Å². The van der Waals surface area contributed by atoms with Gasteiger partial charge in [0, 0.05) is 5.69 Å². The first kappa shape index (κ1) is 15.4. The summed E-state index contributed by atoms with van der Waals surface area (Å²) in [7, 11) is 1.60. The fourth-order valence-electron chi connectivity index (χ4n) is 2.51. The van der Waals surface area contributed by atoms with Crippen LogP contribution in [0.15, 0.2) is 48.5 Å². The zero-order valence-corrected chi connectivity index (χ0v) is 13.2. The second-order valence-electron chi connectivity index (χ2n) is 5.06. The lowest BCUT2D eigenvalue weighted by molar-refractivity contribution is -0.115. The van der Waals surface area contributed by atoms with Crippen LogP contribution in [0, 0.1) is 0 Å². The first-order chi connectivity index (χ1) is 11.1. The van der Waals surface area contributed by atoms with Gasteiger partial charge in [0.25, 0.3) is 0 Å². The lowest BCUT2D eigenvalue weighted by Crippen LogP contribution is -2.28. The smallest absolute Gasteiger partial charge is 0.335 e. The van der Waals surface area contributed by atoms with Crippen molar-refractivity contribution in [1.29, 1.82) is 0 Å². The minimum Gasteiger partial charge on any atom is -0.497 e. The van der Waals surface area contributed by atoms with Gasteiger partial charge in [-0.2, -0.15) is 0 Å². The van der Waals surface area contributed by atoms with Crippen molar-refractivity contribution < 1.29 is 19.4 Å². The van der Waals surface area contributed by atoms with Crippen LogP contribution in [-0.4, -0.2) is 29.8 Å². The van der Waals surface area contributed by atoms with Crippen molar-refractivity contribution in [2.45, 2.75) is 5.37 Å². The van der Waals surface area contributed by atoms with Gasteiger partial charge in [-0.1, -0.05) is 18.2 Å². The van der Waals surface area contributed by atoms with Crippen molar-refractivity contribution in [3.63, 3.8) is 0 Å². The Labute approximate surface area is 137 Å². The fourth-order valence-corrected chi connectivity index (χ4v) is 3.68. The predicted molar refractivity (Wildman–Crippen MR) is 89.1 cm³/mol. The first-order valence-electron chi connectivity index (χ1n) is 7.01. The van der Waals surface area contributed by atoms with E-state index in [0.717, 1.165) is 11.3 Å². The minimum absolute atomic E-state index is 0.0293. The molecule has 1 fully saturated rings. The number of ether oxygens (including phenoxy) is 1. The number of hydrogen-bond donors (Lipinski definition) is 1. The molecule has 2 aromatic rings. The molecule has 1 amide bonds. The van der Waals surface area contributed by atoms with Gasteiger partial charge >= 0.3 is 5.97 Å². The average Bonchev–Trinajstić information content (AvgIpc) is 2.96. The lowest BCUT2D eigenvalue weighted by atomic mass is 10.1. The number of carbonyl (C=O) groups excluding carboxylic acids is 1. The van der Waals surface area contributed by atoms with E-state index >= 15 is 0 Å². The molecule has 23 heavy (non-hydrogen) atoms. The van der Waals surface area contributed by atoms with Crippen molar-refractivity contribution in [3.8, 4) is 5.75 Å². The largest absolute Gasteiger partial charge is 0.497 e. The second-order valence-corrected chi connectivity index (χ2v) is 6.12. The summed E-state index contributed by atoms with van der Waals surface area (Å²) in [5, 5.41) is 8.97. The third kappa shape index (κ3) is 3.03. The second kappa shape index (κ2) is 6.34.